The van der Waals surface area contributed by atoms with Crippen molar-refractivity contribution >= 4 is 5.91 Å². The molecule has 0 aromatic carbocycles. The molecule has 0 unspecified atom stereocenters. The molecular formula is C10H20N6O. The first-order valence-electron chi connectivity index (χ1n) is 5.55. The molecule has 1 heterocycles. The second-order valence-electron chi connectivity index (χ2n) is 4.99. The molecular weight excluding hydrogens is 220 g/mol. The summed E-state index contributed by atoms with van der Waals surface area (Å²) in [6, 6.07) is 0. The number of carbonyl (C=O) groups excluding carboxylic acids is 1. The molecule has 0 saturated carbocycles. The first-order valence-corrected chi connectivity index (χ1v) is 5.55. The summed E-state index contributed by atoms with van der Waals surface area (Å²) in [6.07, 6.45) is 1.88. The van der Waals surface area contributed by atoms with Gasteiger partial charge in [-0.3, -0.25) is 4.79 Å². The second-order valence-corrected chi connectivity index (χ2v) is 4.99. The highest BCUT2D eigenvalue weighted by Gasteiger charge is 2.20. The van der Waals surface area contributed by atoms with Crippen molar-refractivity contribution in [1.82, 2.24) is 30.4 Å². The Bertz CT molecular complexity index is 346. The number of aromatic nitrogens is 4. The Labute approximate surface area is 101 Å². The van der Waals surface area contributed by atoms with E-state index in [2.05, 4.69) is 20.8 Å². The Morgan fingerprint density at radius 2 is 2.18 bits per heavy atom. The Morgan fingerprint density at radius 1 is 1.47 bits per heavy atom. The van der Waals surface area contributed by atoms with Gasteiger partial charge in [-0.15, -0.1) is 5.10 Å². The molecule has 1 aromatic heterocycles. The maximum Gasteiger partial charge on any atom is 0.222 e. The van der Waals surface area contributed by atoms with Gasteiger partial charge in [-0.2, -0.15) is 0 Å². The zero-order valence-corrected chi connectivity index (χ0v) is 10.8. The van der Waals surface area contributed by atoms with Crippen molar-refractivity contribution in [2.24, 2.45) is 0 Å². The summed E-state index contributed by atoms with van der Waals surface area (Å²) in [6.45, 7) is 5.30. The largest absolute Gasteiger partial charge is 0.350 e. The van der Waals surface area contributed by atoms with Crippen LogP contribution in [-0.4, -0.2) is 57.2 Å². The molecule has 0 saturated heterocycles. The van der Waals surface area contributed by atoms with Crippen LogP contribution in [0, 0.1) is 0 Å². The maximum absolute atomic E-state index is 11.7. The summed E-state index contributed by atoms with van der Waals surface area (Å²) < 4.78 is 1.54. The zero-order chi connectivity index (χ0) is 12.9. The number of likely N-dealkylation sites (N-methyl/N-ethyl adjacent to an activating group) is 1. The van der Waals surface area contributed by atoms with E-state index in [9.17, 15) is 4.79 Å². The zero-order valence-electron chi connectivity index (χ0n) is 10.8. The molecule has 1 N–H and O–H groups in total. The molecule has 17 heavy (non-hydrogen) atoms. The summed E-state index contributed by atoms with van der Waals surface area (Å²) in [5, 5.41) is 13.7. The minimum Gasteiger partial charge on any atom is -0.350 e. The molecule has 7 nitrogen and oxygen atoms in total. The molecule has 0 spiro atoms. The average molecular weight is 240 g/mol. The number of aryl methyl sites for hydroxylation is 1. The van der Waals surface area contributed by atoms with E-state index >= 15 is 0 Å². The predicted molar refractivity (Wildman–Crippen MR) is 63.2 cm³/mol. The Hall–Kier alpha value is -1.50. The number of rotatable bonds is 6. The van der Waals surface area contributed by atoms with E-state index in [4.69, 9.17) is 0 Å². The Kier molecular flexibility index (Phi) is 4.56. The number of hydrogen-bond donors (Lipinski definition) is 1. The van der Waals surface area contributed by atoms with Crippen molar-refractivity contribution in [2.45, 2.75) is 32.4 Å². The molecule has 0 fully saturated rings. The van der Waals surface area contributed by atoms with Gasteiger partial charge in [0.15, 0.2) is 0 Å². The lowest BCUT2D eigenvalue weighted by molar-refractivity contribution is -0.123. The van der Waals surface area contributed by atoms with Crippen LogP contribution in [0.4, 0.5) is 0 Å². The van der Waals surface area contributed by atoms with Gasteiger partial charge in [-0.25, -0.2) is 4.68 Å². The molecule has 0 bridgehead atoms. The van der Waals surface area contributed by atoms with E-state index in [1.807, 2.05) is 32.8 Å². The summed E-state index contributed by atoms with van der Waals surface area (Å²) in [5.41, 5.74) is -0.235. The van der Waals surface area contributed by atoms with Crippen LogP contribution in [0.25, 0.3) is 0 Å². The Morgan fingerprint density at radius 3 is 2.71 bits per heavy atom. The summed E-state index contributed by atoms with van der Waals surface area (Å²) in [7, 11) is 3.96. The molecule has 0 aliphatic heterocycles. The van der Waals surface area contributed by atoms with Gasteiger partial charge in [0, 0.05) is 18.5 Å². The lowest BCUT2D eigenvalue weighted by Gasteiger charge is -2.29. The average Bonchev–Trinajstić information content (AvgIpc) is 2.63. The number of hydrogen-bond acceptors (Lipinski definition) is 5. The Balaban J connectivity index is 2.33. The maximum atomic E-state index is 11.7. The summed E-state index contributed by atoms with van der Waals surface area (Å²) >= 11 is 0. The van der Waals surface area contributed by atoms with Crippen LogP contribution >= 0.6 is 0 Å². The minimum atomic E-state index is -0.235. The van der Waals surface area contributed by atoms with Gasteiger partial charge in [-0.05, 0) is 38.4 Å². The number of carbonyl (C=O) groups is 1. The summed E-state index contributed by atoms with van der Waals surface area (Å²) in [5.74, 6) is 0.00681. The highest BCUT2D eigenvalue weighted by atomic mass is 16.1. The SMILES string of the molecule is CN(C)CC(C)(C)NC(=O)CCn1cnnn1. The molecule has 1 aromatic rings. The number of nitrogens with one attached hydrogen (secondary N) is 1. The monoisotopic (exact) mass is 240 g/mol. The van der Waals surface area contributed by atoms with Crippen LogP contribution in [0.3, 0.4) is 0 Å². The van der Waals surface area contributed by atoms with Crippen molar-refractivity contribution in [3.05, 3.63) is 6.33 Å². The third-order valence-electron chi connectivity index (χ3n) is 2.15. The molecule has 1 rings (SSSR count). The molecule has 0 radical (unpaired) electrons. The van der Waals surface area contributed by atoms with Crippen LogP contribution in [0.5, 0.6) is 0 Å². The van der Waals surface area contributed by atoms with Crippen LogP contribution in [0.1, 0.15) is 20.3 Å². The predicted octanol–water partition coefficient (Wildman–Crippen LogP) is -0.480. The second kappa shape index (κ2) is 5.72. The van der Waals surface area contributed by atoms with Crippen molar-refractivity contribution in [3.63, 3.8) is 0 Å². The molecule has 96 valence electrons. The van der Waals surface area contributed by atoms with Gasteiger partial charge in [0.05, 0.1) is 6.54 Å². The number of nitrogens with zero attached hydrogens (tertiary/aromatic N) is 5. The third kappa shape index (κ3) is 5.39. The normalized spacial score (nSPS) is 11.8. The molecule has 1 amide bonds. The molecule has 0 atom stereocenters. The van der Waals surface area contributed by atoms with E-state index in [1.54, 1.807) is 4.68 Å². The topological polar surface area (TPSA) is 75.9 Å². The smallest absolute Gasteiger partial charge is 0.222 e. The van der Waals surface area contributed by atoms with Crippen LogP contribution in [-0.2, 0) is 11.3 Å². The van der Waals surface area contributed by atoms with Crippen molar-refractivity contribution in [1.29, 1.82) is 0 Å². The van der Waals surface area contributed by atoms with E-state index in [0.29, 0.717) is 13.0 Å². The van der Waals surface area contributed by atoms with Crippen molar-refractivity contribution in [3.8, 4) is 0 Å². The minimum absolute atomic E-state index is 0.00681. The van der Waals surface area contributed by atoms with Crippen LogP contribution in [0.15, 0.2) is 6.33 Å². The van der Waals surface area contributed by atoms with Crippen LogP contribution < -0.4 is 5.32 Å². The van der Waals surface area contributed by atoms with Gasteiger partial charge < -0.3 is 10.2 Å². The standard InChI is InChI=1S/C10H20N6O/c1-10(2,7-15(3)4)12-9(17)5-6-16-8-11-13-14-16/h8H,5-7H2,1-4H3,(H,12,17). The van der Waals surface area contributed by atoms with Gasteiger partial charge in [0.1, 0.15) is 6.33 Å². The van der Waals surface area contributed by atoms with Crippen LogP contribution in [0.2, 0.25) is 0 Å². The molecule has 0 aliphatic carbocycles. The highest BCUT2D eigenvalue weighted by molar-refractivity contribution is 5.76. The molecule has 7 heteroatoms. The summed E-state index contributed by atoms with van der Waals surface area (Å²) in [4.78, 5) is 13.8. The van der Waals surface area contributed by atoms with Gasteiger partial charge in [-0.1, -0.05) is 0 Å². The first kappa shape index (κ1) is 13.6. The molecule has 0 aliphatic rings. The van der Waals surface area contributed by atoms with Gasteiger partial charge in [0.2, 0.25) is 5.91 Å². The van der Waals surface area contributed by atoms with E-state index < -0.39 is 0 Å². The lowest BCUT2D eigenvalue weighted by Crippen LogP contribution is -2.50. The van der Waals surface area contributed by atoms with Crippen molar-refractivity contribution < 1.29 is 4.79 Å². The van der Waals surface area contributed by atoms with E-state index in [0.717, 1.165) is 6.54 Å². The van der Waals surface area contributed by atoms with Gasteiger partial charge >= 0.3 is 0 Å². The van der Waals surface area contributed by atoms with Crippen molar-refractivity contribution in [2.75, 3.05) is 20.6 Å². The first-order chi connectivity index (χ1) is 7.89. The lowest BCUT2D eigenvalue weighted by atomic mass is 10.1. The van der Waals surface area contributed by atoms with Gasteiger partial charge in [0.25, 0.3) is 0 Å². The fraction of sp³-hybridized carbons (Fsp3) is 0.800. The highest BCUT2D eigenvalue weighted by Crippen LogP contribution is 2.03. The quantitative estimate of drug-likeness (QED) is 0.727. The fourth-order valence-corrected chi connectivity index (χ4v) is 1.77. The fourth-order valence-electron chi connectivity index (χ4n) is 1.77. The van der Waals surface area contributed by atoms with E-state index in [-0.39, 0.29) is 11.4 Å². The third-order valence-corrected chi connectivity index (χ3v) is 2.15. The number of tetrazole rings is 1. The number of amides is 1. The van der Waals surface area contributed by atoms with E-state index in [1.165, 1.54) is 6.33 Å².